The number of hydrogen-bond acceptors (Lipinski definition) is 4. The van der Waals surface area contributed by atoms with E-state index in [1.165, 1.54) is 16.7 Å². The third-order valence-electron chi connectivity index (χ3n) is 6.53. The smallest absolute Gasteiger partial charge is 0.258 e. The molecule has 35 heavy (non-hydrogen) atoms. The molecular formula is C29H28N4OS. The SMILES string of the molecule is CC1=C(c2nc(-c3cccc(C)c3)no2)C(c2ccc(C)cc2)NC(=S)N1Cc1ccccc1C. The number of aromatic nitrogens is 2. The molecule has 5 rings (SSSR count). The van der Waals surface area contributed by atoms with Gasteiger partial charge in [0.2, 0.25) is 5.82 Å². The highest BCUT2D eigenvalue weighted by Gasteiger charge is 2.34. The Balaban J connectivity index is 1.61. The highest BCUT2D eigenvalue weighted by molar-refractivity contribution is 7.80. The third kappa shape index (κ3) is 4.62. The molecule has 0 fully saturated rings. The van der Waals surface area contributed by atoms with Crippen molar-refractivity contribution in [2.75, 3.05) is 0 Å². The maximum absolute atomic E-state index is 5.87. The maximum atomic E-state index is 5.87. The van der Waals surface area contributed by atoms with Crippen LogP contribution in [-0.4, -0.2) is 20.2 Å². The van der Waals surface area contributed by atoms with E-state index in [9.17, 15) is 0 Å². The molecule has 1 aliphatic heterocycles. The normalized spacial score (nSPS) is 15.9. The van der Waals surface area contributed by atoms with Crippen LogP contribution in [0.5, 0.6) is 0 Å². The van der Waals surface area contributed by atoms with Crippen molar-refractivity contribution in [3.05, 3.63) is 112 Å². The molecule has 0 aliphatic carbocycles. The van der Waals surface area contributed by atoms with Crippen molar-refractivity contribution in [1.82, 2.24) is 20.4 Å². The fourth-order valence-corrected chi connectivity index (χ4v) is 4.77. The number of aryl methyl sites for hydroxylation is 3. The van der Waals surface area contributed by atoms with Crippen LogP contribution < -0.4 is 5.32 Å². The van der Waals surface area contributed by atoms with Gasteiger partial charge in [0.15, 0.2) is 5.11 Å². The molecule has 0 saturated heterocycles. The average molecular weight is 481 g/mol. The van der Waals surface area contributed by atoms with Crippen LogP contribution in [-0.2, 0) is 6.54 Å². The molecule has 0 saturated carbocycles. The maximum Gasteiger partial charge on any atom is 0.258 e. The summed E-state index contributed by atoms with van der Waals surface area (Å²) in [7, 11) is 0. The highest BCUT2D eigenvalue weighted by Crippen LogP contribution is 2.38. The summed E-state index contributed by atoms with van der Waals surface area (Å²) in [6, 6.07) is 24.8. The molecule has 1 aliphatic rings. The summed E-state index contributed by atoms with van der Waals surface area (Å²) in [5.41, 5.74) is 8.76. The molecule has 5 nitrogen and oxygen atoms in total. The van der Waals surface area contributed by atoms with E-state index in [0.29, 0.717) is 23.4 Å². The molecule has 0 bridgehead atoms. The molecule has 0 amide bonds. The van der Waals surface area contributed by atoms with Gasteiger partial charge in [0.05, 0.1) is 18.2 Å². The second-order valence-corrected chi connectivity index (χ2v) is 9.48. The molecule has 3 aromatic carbocycles. The standard InChI is InChI=1S/C29H28N4OS/c1-18-12-14-22(15-13-18)26-25(28-31-27(32-34-28)23-11-7-8-19(2)16-23)21(4)33(29(35)30-26)17-24-10-6-5-9-20(24)3/h5-16,26H,17H2,1-4H3,(H,30,35). The van der Waals surface area contributed by atoms with Crippen molar-refractivity contribution in [2.24, 2.45) is 0 Å². The van der Waals surface area contributed by atoms with E-state index in [-0.39, 0.29) is 6.04 Å². The van der Waals surface area contributed by atoms with Crippen LogP contribution in [0.15, 0.2) is 83.0 Å². The molecule has 1 aromatic heterocycles. The Morgan fingerprint density at radius 2 is 1.69 bits per heavy atom. The summed E-state index contributed by atoms with van der Waals surface area (Å²) in [5.74, 6) is 1.07. The monoisotopic (exact) mass is 480 g/mol. The van der Waals surface area contributed by atoms with Crippen molar-refractivity contribution in [1.29, 1.82) is 0 Å². The summed E-state index contributed by atoms with van der Waals surface area (Å²) in [5, 5.41) is 8.55. The van der Waals surface area contributed by atoms with Crippen molar-refractivity contribution < 1.29 is 4.52 Å². The van der Waals surface area contributed by atoms with E-state index in [4.69, 9.17) is 21.7 Å². The number of allylic oxidation sites excluding steroid dienone is 1. The minimum Gasteiger partial charge on any atom is -0.351 e. The Kier molecular flexibility index (Phi) is 6.22. The van der Waals surface area contributed by atoms with Gasteiger partial charge in [-0.2, -0.15) is 4.98 Å². The summed E-state index contributed by atoms with van der Waals surface area (Å²) in [6.07, 6.45) is 0. The topological polar surface area (TPSA) is 54.2 Å². The summed E-state index contributed by atoms with van der Waals surface area (Å²) in [6.45, 7) is 9.00. The number of rotatable bonds is 5. The van der Waals surface area contributed by atoms with Gasteiger partial charge in [-0.25, -0.2) is 0 Å². The lowest BCUT2D eigenvalue weighted by molar-refractivity contribution is 0.396. The zero-order chi connectivity index (χ0) is 24.5. The van der Waals surface area contributed by atoms with Crippen molar-refractivity contribution >= 4 is 22.9 Å². The van der Waals surface area contributed by atoms with Gasteiger partial charge in [0, 0.05) is 11.3 Å². The molecule has 1 atom stereocenters. The Labute approximate surface area is 211 Å². The quantitative estimate of drug-likeness (QED) is 0.328. The minimum atomic E-state index is -0.193. The summed E-state index contributed by atoms with van der Waals surface area (Å²) < 4.78 is 5.87. The first-order valence-electron chi connectivity index (χ1n) is 11.7. The summed E-state index contributed by atoms with van der Waals surface area (Å²) >= 11 is 5.86. The Bertz CT molecular complexity index is 1420. The van der Waals surface area contributed by atoms with Crippen LogP contribution >= 0.6 is 12.2 Å². The van der Waals surface area contributed by atoms with Gasteiger partial charge >= 0.3 is 0 Å². The lowest BCUT2D eigenvalue weighted by Gasteiger charge is -2.37. The number of benzene rings is 3. The largest absolute Gasteiger partial charge is 0.351 e. The Morgan fingerprint density at radius 3 is 2.43 bits per heavy atom. The molecular weight excluding hydrogens is 452 g/mol. The summed E-state index contributed by atoms with van der Waals surface area (Å²) in [4.78, 5) is 6.95. The number of nitrogens with zero attached hydrogens (tertiary/aromatic N) is 3. The number of hydrogen-bond donors (Lipinski definition) is 1. The average Bonchev–Trinajstić information content (AvgIpc) is 3.33. The lowest BCUT2D eigenvalue weighted by Crippen LogP contribution is -2.45. The Hall–Kier alpha value is -3.77. The molecule has 6 heteroatoms. The van der Waals surface area contributed by atoms with Crippen LogP contribution in [0.25, 0.3) is 17.0 Å². The van der Waals surface area contributed by atoms with E-state index in [1.54, 1.807) is 0 Å². The van der Waals surface area contributed by atoms with E-state index in [2.05, 4.69) is 104 Å². The van der Waals surface area contributed by atoms with Gasteiger partial charge < -0.3 is 14.7 Å². The van der Waals surface area contributed by atoms with Gasteiger partial charge in [-0.3, -0.25) is 0 Å². The lowest BCUT2D eigenvalue weighted by atomic mass is 9.94. The van der Waals surface area contributed by atoms with Crippen molar-refractivity contribution in [3.8, 4) is 11.4 Å². The van der Waals surface area contributed by atoms with E-state index in [1.807, 2.05) is 12.1 Å². The van der Waals surface area contributed by atoms with E-state index in [0.717, 1.165) is 28.0 Å². The number of thiocarbonyl (C=S) groups is 1. The van der Waals surface area contributed by atoms with Gasteiger partial charge in [0.25, 0.3) is 5.89 Å². The van der Waals surface area contributed by atoms with E-state index >= 15 is 0 Å². The predicted octanol–water partition coefficient (Wildman–Crippen LogP) is 6.52. The molecule has 1 N–H and O–H groups in total. The van der Waals surface area contributed by atoms with Crippen LogP contribution in [0.4, 0.5) is 0 Å². The molecule has 0 spiro atoms. The fraction of sp³-hybridized carbons (Fsp3) is 0.207. The molecule has 2 heterocycles. The van der Waals surface area contributed by atoms with Crippen LogP contribution in [0.1, 0.15) is 46.7 Å². The molecule has 176 valence electrons. The second-order valence-electron chi connectivity index (χ2n) is 9.10. The first kappa shape index (κ1) is 23.0. The molecule has 4 aromatic rings. The first-order chi connectivity index (χ1) is 16.9. The van der Waals surface area contributed by atoms with Crippen LogP contribution in [0.3, 0.4) is 0 Å². The van der Waals surface area contributed by atoms with Gasteiger partial charge in [-0.05, 0) is 62.7 Å². The third-order valence-corrected chi connectivity index (χ3v) is 6.87. The predicted molar refractivity (Wildman–Crippen MR) is 143 cm³/mol. The zero-order valence-corrected chi connectivity index (χ0v) is 21.2. The number of nitrogens with one attached hydrogen (secondary N) is 1. The molecule has 0 radical (unpaired) electrons. The first-order valence-corrected chi connectivity index (χ1v) is 12.1. The minimum absolute atomic E-state index is 0.193. The van der Waals surface area contributed by atoms with Crippen LogP contribution in [0, 0.1) is 20.8 Å². The molecule has 1 unspecified atom stereocenters. The van der Waals surface area contributed by atoms with Gasteiger partial charge in [-0.15, -0.1) is 0 Å². The zero-order valence-electron chi connectivity index (χ0n) is 20.4. The van der Waals surface area contributed by atoms with Crippen molar-refractivity contribution in [2.45, 2.75) is 40.3 Å². The second kappa shape index (κ2) is 9.47. The Morgan fingerprint density at radius 1 is 0.914 bits per heavy atom. The van der Waals surface area contributed by atoms with E-state index < -0.39 is 0 Å². The fourth-order valence-electron chi connectivity index (χ4n) is 4.45. The van der Waals surface area contributed by atoms with Gasteiger partial charge in [0.1, 0.15) is 0 Å². The van der Waals surface area contributed by atoms with Crippen molar-refractivity contribution in [3.63, 3.8) is 0 Å². The van der Waals surface area contributed by atoms with Gasteiger partial charge in [-0.1, -0.05) is 83.0 Å². The van der Waals surface area contributed by atoms with Crippen LogP contribution in [0.2, 0.25) is 0 Å². The highest BCUT2D eigenvalue weighted by atomic mass is 32.1.